The molecule has 0 spiro atoms. The summed E-state index contributed by atoms with van der Waals surface area (Å²) in [6.07, 6.45) is -1.70. The van der Waals surface area contributed by atoms with Gasteiger partial charge in [0.25, 0.3) is 5.91 Å². The molecule has 5 N–H and O–H groups in total. The maximum absolute atomic E-state index is 14.5. The van der Waals surface area contributed by atoms with Gasteiger partial charge in [-0.05, 0) is 53.1 Å². The van der Waals surface area contributed by atoms with Gasteiger partial charge in [0.15, 0.2) is 0 Å². The second-order valence-corrected chi connectivity index (χ2v) is 16.0. The number of nitrogens with one attached hydrogen (secondary N) is 3. The molecular weight excluding hydrogens is 739 g/mol. The van der Waals surface area contributed by atoms with Crippen molar-refractivity contribution < 1.29 is 34.1 Å². The fourth-order valence-electron chi connectivity index (χ4n) is 7.22. The lowest BCUT2D eigenvalue weighted by Crippen LogP contribution is -2.60. The van der Waals surface area contributed by atoms with Gasteiger partial charge in [-0.15, -0.1) is 0 Å². The number of para-hydroxylation sites is 1. The van der Waals surface area contributed by atoms with Crippen LogP contribution < -0.4 is 20.8 Å². The van der Waals surface area contributed by atoms with Gasteiger partial charge in [0, 0.05) is 31.6 Å². The molecule has 5 amide bonds. The number of carboxylic acid groups (broad SMARTS) is 1. The number of hydrazine groups is 1. The zero-order chi connectivity index (χ0) is 42.0. The van der Waals surface area contributed by atoms with Crippen LogP contribution in [0.5, 0.6) is 5.75 Å². The number of urea groups is 1. The summed E-state index contributed by atoms with van der Waals surface area (Å²) in [6.45, 7) is 10.2. The first-order chi connectivity index (χ1) is 27.7. The Bertz CT molecular complexity index is 2010. The van der Waals surface area contributed by atoms with E-state index in [4.69, 9.17) is 9.72 Å². The number of nitrogens with zero attached hydrogens (tertiary/aromatic N) is 4. The van der Waals surface area contributed by atoms with Gasteiger partial charge in [-0.25, -0.2) is 14.6 Å². The fraction of sp³-hybridized carbons (Fsp3) is 0.432. The molecular formula is C44H57N7O7. The van der Waals surface area contributed by atoms with Crippen LogP contribution in [0, 0.1) is 11.3 Å². The van der Waals surface area contributed by atoms with Crippen molar-refractivity contribution in [3.8, 4) is 5.75 Å². The van der Waals surface area contributed by atoms with Gasteiger partial charge in [-0.3, -0.25) is 20.0 Å². The number of aromatic nitrogens is 1. The monoisotopic (exact) mass is 795 g/mol. The zero-order valence-corrected chi connectivity index (χ0v) is 34.2. The van der Waals surface area contributed by atoms with Crippen LogP contribution in [0.3, 0.4) is 0 Å². The van der Waals surface area contributed by atoms with Crippen LogP contribution in [0.2, 0.25) is 0 Å². The van der Waals surface area contributed by atoms with E-state index in [9.17, 15) is 29.4 Å². The quantitative estimate of drug-likeness (QED) is 0.0848. The Morgan fingerprint density at radius 3 is 2.24 bits per heavy atom. The Kier molecular flexibility index (Phi) is 14.7. The summed E-state index contributed by atoms with van der Waals surface area (Å²) in [6, 6.07) is 25.3. The SMILES string of the molecule is CC[C@H](C)[C@@H](C(=O)N[C@@H](Cc1ccccc1)[C@@H](O)CN(Cc1ccc(OC)cc1)NC(=O)[C@@H](NC(=O)O)C(C)(C)C)N1CCN(Cc2ccc3ccccc3n2)C1=O. The summed E-state index contributed by atoms with van der Waals surface area (Å²) in [5.41, 5.74) is 5.31. The molecule has 0 bridgehead atoms. The second kappa shape index (κ2) is 19.6. The molecule has 2 heterocycles. The Morgan fingerprint density at radius 2 is 1.59 bits per heavy atom. The molecule has 0 aliphatic carbocycles. The van der Waals surface area contributed by atoms with Gasteiger partial charge in [0.1, 0.15) is 17.8 Å². The molecule has 14 nitrogen and oxygen atoms in total. The van der Waals surface area contributed by atoms with Crippen LogP contribution >= 0.6 is 0 Å². The van der Waals surface area contributed by atoms with Crippen LogP contribution in [-0.2, 0) is 29.1 Å². The predicted octanol–water partition coefficient (Wildman–Crippen LogP) is 5.20. The topological polar surface area (TPSA) is 177 Å². The Hall–Kier alpha value is -5.73. The molecule has 0 radical (unpaired) electrons. The number of ether oxygens (including phenoxy) is 1. The minimum atomic E-state index is -1.34. The van der Waals surface area contributed by atoms with E-state index in [1.54, 1.807) is 49.8 Å². The minimum absolute atomic E-state index is 0.136. The molecule has 4 aromatic rings. The standard InChI is InChI=1S/C44H57N7O7/c1-7-29(2)38(51-24-23-49(43(51)57)27-33-20-19-32-15-11-12-16-35(32)45-33)40(53)46-36(25-30-13-9-8-10-14-30)37(52)28-50(26-31-17-21-34(58-6)22-18-31)48-41(54)39(44(3,4)5)47-42(55)56/h8-22,29,36-39,47,52H,7,23-28H2,1-6H3,(H,46,53)(H,48,54)(H,55,56)/t29-,36-,37-,38-,39+/m0/s1. The number of hydrogen-bond acceptors (Lipinski definition) is 8. The van der Waals surface area contributed by atoms with Gasteiger partial charge >= 0.3 is 12.1 Å². The summed E-state index contributed by atoms with van der Waals surface area (Å²) in [4.78, 5) is 62.0. The maximum atomic E-state index is 14.5. The molecule has 14 heteroatoms. The normalized spacial score (nSPS) is 15.8. The fourth-order valence-corrected chi connectivity index (χ4v) is 7.22. The largest absolute Gasteiger partial charge is 0.497 e. The summed E-state index contributed by atoms with van der Waals surface area (Å²) < 4.78 is 5.31. The summed E-state index contributed by atoms with van der Waals surface area (Å²) in [7, 11) is 1.56. The average molecular weight is 796 g/mol. The van der Waals surface area contributed by atoms with Crippen LogP contribution in [0.1, 0.15) is 57.9 Å². The highest BCUT2D eigenvalue weighted by atomic mass is 16.5. The van der Waals surface area contributed by atoms with Crippen LogP contribution in [0.25, 0.3) is 10.9 Å². The second-order valence-electron chi connectivity index (χ2n) is 16.0. The number of methoxy groups -OCH3 is 1. The summed E-state index contributed by atoms with van der Waals surface area (Å²) in [5.74, 6) is -0.562. The van der Waals surface area contributed by atoms with E-state index in [0.717, 1.165) is 27.7 Å². The molecule has 5 rings (SSSR count). The highest BCUT2D eigenvalue weighted by Gasteiger charge is 2.41. The first-order valence-corrected chi connectivity index (χ1v) is 19.8. The van der Waals surface area contributed by atoms with Crippen molar-refractivity contribution in [3.05, 3.63) is 108 Å². The molecule has 0 saturated carbocycles. The van der Waals surface area contributed by atoms with Gasteiger partial charge in [0.05, 0.1) is 37.0 Å². The van der Waals surface area contributed by atoms with Crippen LogP contribution in [-0.4, -0.2) is 105 Å². The first kappa shape index (κ1) is 43.4. The first-order valence-electron chi connectivity index (χ1n) is 19.8. The van der Waals surface area contributed by atoms with E-state index in [-0.39, 0.29) is 31.5 Å². The van der Waals surface area contributed by atoms with Crippen molar-refractivity contribution in [3.63, 3.8) is 0 Å². The molecule has 5 atom stereocenters. The molecule has 1 aromatic heterocycles. The predicted molar refractivity (Wildman–Crippen MR) is 222 cm³/mol. The molecule has 1 aliphatic rings. The van der Waals surface area contributed by atoms with Crippen molar-refractivity contribution in [2.45, 2.75) is 84.8 Å². The lowest BCUT2D eigenvalue weighted by molar-refractivity contribution is -0.132. The van der Waals surface area contributed by atoms with Crippen molar-refractivity contribution in [2.75, 3.05) is 26.7 Å². The van der Waals surface area contributed by atoms with Crippen LogP contribution in [0.4, 0.5) is 9.59 Å². The van der Waals surface area contributed by atoms with E-state index in [2.05, 4.69) is 16.1 Å². The third kappa shape index (κ3) is 11.4. The smallest absolute Gasteiger partial charge is 0.405 e. The molecule has 0 unspecified atom stereocenters. The van der Waals surface area contributed by atoms with Gasteiger partial charge in [-0.2, -0.15) is 0 Å². The number of carbonyl (C=O) groups excluding carboxylic acids is 3. The van der Waals surface area contributed by atoms with E-state index < -0.39 is 47.6 Å². The lowest BCUT2D eigenvalue weighted by Gasteiger charge is -2.36. The minimum Gasteiger partial charge on any atom is -0.497 e. The number of aliphatic hydroxyl groups excluding tert-OH is 1. The number of hydrogen-bond donors (Lipinski definition) is 5. The van der Waals surface area contributed by atoms with E-state index in [0.29, 0.717) is 31.8 Å². The Morgan fingerprint density at radius 1 is 0.897 bits per heavy atom. The lowest BCUT2D eigenvalue weighted by atomic mass is 9.86. The Balaban J connectivity index is 1.38. The van der Waals surface area contributed by atoms with Crippen molar-refractivity contribution >= 4 is 34.8 Å². The molecule has 1 saturated heterocycles. The average Bonchev–Trinajstić information content (AvgIpc) is 3.54. The number of benzene rings is 3. The van der Waals surface area contributed by atoms with Crippen molar-refractivity contribution in [1.29, 1.82) is 0 Å². The highest BCUT2D eigenvalue weighted by molar-refractivity contribution is 5.89. The number of rotatable bonds is 18. The van der Waals surface area contributed by atoms with Crippen LogP contribution in [0.15, 0.2) is 91.0 Å². The van der Waals surface area contributed by atoms with Gasteiger partial charge in [-0.1, -0.05) is 108 Å². The zero-order valence-electron chi connectivity index (χ0n) is 34.2. The van der Waals surface area contributed by atoms with E-state index >= 15 is 0 Å². The van der Waals surface area contributed by atoms with Crippen molar-refractivity contribution in [2.24, 2.45) is 11.3 Å². The summed E-state index contributed by atoms with van der Waals surface area (Å²) >= 11 is 0. The molecule has 310 valence electrons. The number of carbonyl (C=O) groups is 4. The maximum Gasteiger partial charge on any atom is 0.405 e. The van der Waals surface area contributed by atoms with Crippen molar-refractivity contribution in [1.82, 2.24) is 35.9 Å². The summed E-state index contributed by atoms with van der Waals surface area (Å²) in [5, 5.41) is 29.6. The van der Waals surface area contributed by atoms with Gasteiger partial charge in [0.2, 0.25) is 5.91 Å². The molecule has 3 aromatic carbocycles. The Labute approximate surface area is 340 Å². The number of pyridine rings is 1. The number of fused-ring (bicyclic) bond motifs is 1. The third-order valence-corrected chi connectivity index (χ3v) is 10.6. The third-order valence-electron chi connectivity index (χ3n) is 10.6. The molecule has 1 fully saturated rings. The number of amides is 5. The van der Waals surface area contributed by atoms with E-state index in [1.807, 2.05) is 92.7 Å². The molecule has 58 heavy (non-hydrogen) atoms. The molecule has 1 aliphatic heterocycles. The van der Waals surface area contributed by atoms with E-state index in [1.165, 1.54) is 5.01 Å². The van der Waals surface area contributed by atoms with Gasteiger partial charge < -0.3 is 35.4 Å². The highest BCUT2D eigenvalue weighted by Crippen LogP contribution is 2.24. The number of aliphatic hydroxyl groups is 1.